The number of carbonyl (C=O) groups excluding carboxylic acids is 1. The second-order valence-corrected chi connectivity index (χ2v) is 2.51. The van der Waals surface area contributed by atoms with Crippen molar-refractivity contribution >= 4 is 5.97 Å². The van der Waals surface area contributed by atoms with Crippen LogP contribution >= 0.6 is 0 Å². The highest BCUT2D eigenvalue weighted by atomic mass is 16.5. The summed E-state index contributed by atoms with van der Waals surface area (Å²) < 4.78 is 4.78. The van der Waals surface area contributed by atoms with Crippen molar-refractivity contribution in [1.82, 2.24) is 9.97 Å². The number of aryl methyl sites for hydroxylation is 1. The van der Waals surface area contributed by atoms with E-state index in [2.05, 4.69) is 9.97 Å². The molecule has 0 saturated carbocycles. The summed E-state index contributed by atoms with van der Waals surface area (Å²) in [6, 6.07) is 1.79. The molecule has 0 aliphatic heterocycles. The first-order chi connectivity index (χ1) is 6.33. The first-order valence-corrected chi connectivity index (χ1v) is 4.23. The lowest BCUT2D eigenvalue weighted by atomic mass is 10.2. The van der Waals surface area contributed by atoms with E-state index in [1.54, 1.807) is 19.2 Å². The highest BCUT2D eigenvalue weighted by Gasteiger charge is 2.02. The number of carbonyl (C=O) groups is 1. The van der Waals surface area contributed by atoms with Gasteiger partial charge in [-0.25, -0.2) is 9.97 Å². The minimum atomic E-state index is -0.180. The zero-order valence-corrected chi connectivity index (χ0v) is 7.56. The van der Waals surface area contributed by atoms with Crippen molar-refractivity contribution in [3.8, 4) is 0 Å². The van der Waals surface area contributed by atoms with E-state index >= 15 is 0 Å². The molecular weight excluding hydrogens is 168 g/mol. The molecule has 0 spiro atoms. The third-order valence-corrected chi connectivity index (χ3v) is 1.53. The van der Waals surface area contributed by atoms with Gasteiger partial charge in [0.1, 0.15) is 6.33 Å². The molecule has 70 valence electrons. The van der Waals surface area contributed by atoms with Crippen LogP contribution in [0.1, 0.15) is 19.0 Å². The molecule has 0 atom stereocenters. The Balaban J connectivity index is 2.31. The zero-order valence-electron chi connectivity index (χ0n) is 7.56. The molecular formula is C9H12N2O2. The van der Waals surface area contributed by atoms with E-state index in [1.807, 2.05) is 0 Å². The van der Waals surface area contributed by atoms with Crippen molar-refractivity contribution in [3.05, 3.63) is 24.3 Å². The standard InChI is InChI=1S/C9H12N2O2/c1-2-13-9(12)4-3-8-5-6-10-7-11-8/h5-7H,2-4H2,1H3. The fourth-order valence-electron chi connectivity index (χ4n) is 0.929. The Bertz CT molecular complexity index is 262. The Hall–Kier alpha value is -1.45. The fraction of sp³-hybridized carbons (Fsp3) is 0.444. The predicted octanol–water partition coefficient (Wildman–Crippen LogP) is 0.972. The van der Waals surface area contributed by atoms with Gasteiger partial charge in [0.2, 0.25) is 0 Å². The van der Waals surface area contributed by atoms with Crippen LogP contribution in [-0.4, -0.2) is 22.5 Å². The van der Waals surface area contributed by atoms with Crippen LogP contribution in [0, 0.1) is 0 Å². The zero-order chi connectivity index (χ0) is 9.52. The van der Waals surface area contributed by atoms with Crippen molar-refractivity contribution in [3.63, 3.8) is 0 Å². The van der Waals surface area contributed by atoms with Crippen molar-refractivity contribution in [2.45, 2.75) is 19.8 Å². The third kappa shape index (κ3) is 3.64. The van der Waals surface area contributed by atoms with E-state index in [9.17, 15) is 4.79 Å². The monoisotopic (exact) mass is 180 g/mol. The van der Waals surface area contributed by atoms with Crippen LogP contribution in [0.25, 0.3) is 0 Å². The van der Waals surface area contributed by atoms with Gasteiger partial charge in [-0.1, -0.05) is 0 Å². The van der Waals surface area contributed by atoms with Crippen LogP contribution < -0.4 is 0 Å². The summed E-state index contributed by atoms with van der Waals surface area (Å²) in [7, 11) is 0. The first kappa shape index (κ1) is 9.64. The molecule has 1 rings (SSSR count). The number of ether oxygens (including phenoxy) is 1. The summed E-state index contributed by atoms with van der Waals surface area (Å²) in [6.45, 7) is 2.23. The summed E-state index contributed by atoms with van der Waals surface area (Å²) >= 11 is 0. The quantitative estimate of drug-likeness (QED) is 0.648. The van der Waals surface area contributed by atoms with Crippen LogP contribution in [0.4, 0.5) is 0 Å². The summed E-state index contributed by atoms with van der Waals surface area (Å²) in [4.78, 5) is 18.7. The summed E-state index contributed by atoms with van der Waals surface area (Å²) in [5.74, 6) is -0.180. The van der Waals surface area contributed by atoms with E-state index in [4.69, 9.17) is 4.74 Å². The van der Waals surface area contributed by atoms with Gasteiger partial charge in [-0.05, 0) is 13.0 Å². The van der Waals surface area contributed by atoms with Gasteiger partial charge in [-0.3, -0.25) is 4.79 Å². The molecule has 13 heavy (non-hydrogen) atoms. The molecule has 4 nitrogen and oxygen atoms in total. The minimum absolute atomic E-state index is 0.180. The molecule has 0 N–H and O–H groups in total. The molecule has 0 amide bonds. The highest BCUT2D eigenvalue weighted by molar-refractivity contribution is 5.69. The maximum absolute atomic E-state index is 11.0. The Morgan fingerprint density at radius 2 is 2.46 bits per heavy atom. The van der Waals surface area contributed by atoms with E-state index in [1.165, 1.54) is 6.33 Å². The van der Waals surface area contributed by atoms with Crippen molar-refractivity contribution in [2.75, 3.05) is 6.61 Å². The Morgan fingerprint density at radius 3 is 3.08 bits per heavy atom. The van der Waals surface area contributed by atoms with Gasteiger partial charge in [0.15, 0.2) is 0 Å². The average molecular weight is 180 g/mol. The predicted molar refractivity (Wildman–Crippen MR) is 47.0 cm³/mol. The van der Waals surface area contributed by atoms with Gasteiger partial charge >= 0.3 is 5.97 Å². The van der Waals surface area contributed by atoms with Gasteiger partial charge in [-0.2, -0.15) is 0 Å². The lowest BCUT2D eigenvalue weighted by Gasteiger charge is -2.00. The van der Waals surface area contributed by atoms with E-state index in [-0.39, 0.29) is 5.97 Å². The number of esters is 1. The molecule has 0 aliphatic carbocycles. The lowest BCUT2D eigenvalue weighted by Crippen LogP contribution is -2.05. The van der Waals surface area contributed by atoms with Crippen molar-refractivity contribution in [1.29, 1.82) is 0 Å². The van der Waals surface area contributed by atoms with Crippen LogP contribution in [-0.2, 0) is 16.0 Å². The molecule has 0 aliphatic rings. The van der Waals surface area contributed by atoms with Gasteiger partial charge in [0.05, 0.1) is 13.0 Å². The third-order valence-electron chi connectivity index (χ3n) is 1.53. The molecule has 4 heteroatoms. The second kappa shape index (κ2) is 5.24. The first-order valence-electron chi connectivity index (χ1n) is 4.23. The van der Waals surface area contributed by atoms with Crippen molar-refractivity contribution < 1.29 is 9.53 Å². The molecule has 0 saturated heterocycles. The summed E-state index contributed by atoms with van der Waals surface area (Å²) in [5, 5.41) is 0. The SMILES string of the molecule is CCOC(=O)CCc1ccncn1. The normalized spacial score (nSPS) is 9.62. The minimum Gasteiger partial charge on any atom is -0.466 e. The largest absolute Gasteiger partial charge is 0.466 e. The molecule has 1 aromatic rings. The van der Waals surface area contributed by atoms with E-state index < -0.39 is 0 Å². The molecule has 0 aromatic carbocycles. The number of rotatable bonds is 4. The van der Waals surface area contributed by atoms with Gasteiger partial charge in [-0.15, -0.1) is 0 Å². The summed E-state index contributed by atoms with van der Waals surface area (Å²) in [5.41, 5.74) is 0.864. The van der Waals surface area contributed by atoms with Gasteiger partial charge in [0, 0.05) is 18.3 Å². The molecule has 0 fully saturated rings. The second-order valence-electron chi connectivity index (χ2n) is 2.51. The molecule has 1 aromatic heterocycles. The van der Waals surface area contributed by atoms with Crippen molar-refractivity contribution in [2.24, 2.45) is 0 Å². The van der Waals surface area contributed by atoms with E-state index in [0.29, 0.717) is 19.4 Å². The number of hydrogen-bond acceptors (Lipinski definition) is 4. The van der Waals surface area contributed by atoms with E-state index in [0.717, 1.165) is 5.69 Å². The topological polar surface area (TPSA) is 52.1 Å². The van der Waals surface area contributed by atoms with Gasteiger partial charge in [0.25, 0.3) is 0 Å². The highest BCUT2D eigenvalue weighted by Crippen LogP contribution is 1.98. The van der Waals surface area contributed by atoms with Gasteiger partial charge < -0.3 is 4.74 Å². The fourth-order valence-corrected chi connectivity index (χ4v) is 0.929. The Labute approximate surface area is 77.0 Å². The molecule has 0 radical (unpaired) electrons. The molecule has 0 bridgehead atoms. The number of nitrogens with zero attached hydrogens (tertiary/aromatic N) is 2. The maximum Gasteiger partial charge on any atom is 0.306 e. The molecule has 1 heterocycles. The number of aromatic nitrogens is 2. The summed E-state index contributed by atoms with van der Waals surface area (Å²) in [6.07, 6.45) is 4.13. The lowest BCUT2D eigenvalue weighted by molar-refractivity contribution is -0.143. The van der Waals surface area contributed by atoms with Crippen LogP contribution in [0.2, 0.25) is 0 Å². The average Bonchev–Trinajstić information content (AvgIpc) is 2.17. The Kier molecular flexibility index (Phi) is 3.88. The van der Waals surface area contributed by atoms with Crippen LogP contribution in [0.5, 0.6) is 0 Å². The molecule has 0 unspecified atom stereocenters. The Morgan fingerprint density at radius 1 is 1.62 bits per heavy atom. The number of hydrogen-bond donors (Lipinski definition) is 0. The smallest absolute Gasteiger partial charge is 0.306 e. The maximum atomic E-state index is 11.0. The van der Waals surface area contributed by atoms with Crippen LogP contribution in [0.15, 0.2) is 18.6 Å². The van der Waals surface area contributed by atoms with Crippen LogP contribution in [0.3, 0.4) is 0 Å².